The summed E-state index contributed by atoms with van der Waals surface area (Å²) in [5.41, 5.74) is 1.42. The number of halogens is 1. The number of nitrogens with one attached hydrogen (secondary N) is 2. The molecular formula is C21H17ClN2O7. The second-order valence-electron chi connectivity index (χ2n) is 6.63. The molecule has 0 atom stereocenters. The van der Waals surface area contributed by atoms with Crippen LogP contribution >= 0.6 is 11.6 Å². The first-order valence-electron chi connectivity index (χ1n) is 9.27. The Bertz CT molecular complexity index is 1190. The second kappa shape index (κ2) is 8.57. The highest BCUT2D eigenvalue weighted by atomic mass is 35.5. The monoisotopic (exact) mass is 444 g/mol. The topological polar surface area (TPSA) is 116 Å². The minimum absolute atomic E-state index is 0.0363. The van der Waals surface area contributed by atoms with Gasteiger partial charge in [0, 0.05) is 27.7 Å². The third-order valence-corrected chi connectivity index (χ3v) is 4.71. The van der Waals surface area contributed by atoms with Gasteiger partial charge >= 0.3 is 12.0 Å². The zero-order valence-electron chi connectivity index (χ0n) is 16.3. The molecule has 10 heteroatoms. The van der Waals surface area contributed by atoms with Crippen LogP contribution in [0.4, 0.5) is 10.5 Å². The summed E-state index contributed by atoms with van der Waals surface area (Å²) >= 11 is 5.96. The van der Waals surface area contributed by atoms with Gasteiger partial charge in [-0.25, -0.2) is 9.59 Å². The van der Waals surface area contributed by atoms with Crippen LogP contribution in [-0.4, -0.2) is 37.7 Å². The third kappa shape index (κ3) is 4.56. The molecule has 9 nitrogen and oxygen atoms in total. The van der Waals surface area contributed by atoms with Crippen LogP contribution in [0.3, 0.4) is 0 Å². The van der Waals surface area contributed by atoms with Gasteiger partial charge in [-0.15, -0.1) is 0 Å². The number of ether oxygens (including phenoxy) is 3. The Morgan fingerprint density at radius 3 is 2.65 bits per heavy atom. The van der Waals surface area contributed by atoms with Crippen molar-refractivity contribution in [2.75, 3.05) is 25.1 Å². The first kappa shape index (κ1) is 20.5. The number of anilines is 1. The van der Waals surface area contributed by atoms with Crippen LogP contribution in [0.1, 0.15) is 16.1 Å². The predicted molar refractivity (Wildman–Crippen MR) is 111 cm³/mol. The van der Waals surface area contributed by atoms with Gasteiger partial charge in [0.1, 0.15) is 18.8 Å². The van der Waals surface area contributed by atoms with E-state index in [1.165, 1.54) is 0 Å². The summed E-state index contributed by atoms with van der Waals surface area (Å²) in [7, 11) is 0. The number of hydrogen-bond acceptors (Lipinski definition) is 7. The third-order valence-electron chi connectivity index (χ3n) is 4.47. The number of furan rings is 1. The molecule has 1 aliphatic heterocycles. The van der Waals surface area contributed by atoms with Gasteiger partial charge in [0.25, 0.3) is 5.91 Å². The molecule has 0 aliphatic carbocycles. The molecular weight excluding hydrogens is 428 g/mol. The van der Waals surface area contributed by atoms with Crippen LogP contribution in [0.2, 0.25) is 5.02 Å². The molecule has 31 heavy (non-hydrogen) atoms. The van der Waals surface area contributed by atoms with E-state index in [4.69, 9.17) is 30.2 Å². The van der Waals surface area contributed by atoms with Crippen LogP contribution in [0, 0.1) is 6.92 Å². The number of aryl methyl sites for hydroxylation is 1. The first-order valence-corrected chi connectivity index (χ1v) is 9.65. The average molecular weight is 445 g/mol. The number of benzene rings is 2. The molecule has 0 saturated carbocycles. The van der Waals surface area contributed by atoms with Crippen molar-refractivity contribution in [2.45, 2.75) is 6.92 Å². The van der Waals surface area contributed by atoms with Crippen molar-refractivity contribution in [2.24, 2.45) is 0 Å². The predicted octanol–water partition coefficient (Wildman–Crippen LogP) is 3.67. The van der Waals surface area contributed by atoms with Gasteiger partial charge in [-0.05, 0) is 37.3 Å². The molecule has 2 N–H and O–H groups in total. The van der Waals surface area contributed by atoms with Crippen molar-refractivity contribution in [3.8, 4) is 11.5 Å². The molecule has 1 aliphatic rings. The molecule has 2 aromatic carbocycles. The Kier molecular flexibility index (Phi) is 5.68. The fourth-order valence-corrected chi connectivity index (χ4v) is 3.20. The zero-order valence-corrected chi connectivity index (χ0v) is 17.1. The van der Waals surface area contributed by atoms with Crippen molar-refractivity contribution in [3.05, 3.63) is 52.7 Å². The van der Waals surface area contributed by atoms with Gasteiger partial charge in [-0.3, -0.25) is 10.1 Å². The molecule has 3 amide bonds. The number of carbonyl (C=O) groups excluding carboxylic acids is 3. The summed E-state index contributed by atoms with van der Waals surface area (Å²) < 4.78 is 21.3. The summed E-state index contributed by atoms with van der Waals surface area (Å²) in [6.45, 7) is 1.88. The van der Waals surface area contributed by atoms with E-state index in [0.29, 0.717) is 52.0 Å². The molecule has 0 saturated heterocycles. The maximum Gasteiger partial charge on any atom is 0.375 e. The smallest absolute Gasteiger partial charge is 0.375 e. The number of urea groups is 1. The molecule has 1 aromatic heterocycles. The largest absolute Gasteiger partial charge is 0.486 e. The van der Waals surface area contributed by atoms with Crippen molar-refractivity contribution in [3.63, 3.8) is 0 Å². The Morgan fingerprint density at radius 2 is 1.84 bits per heavy atom. The summed E-state index contributed by atoms with van der Waals surface area (Å²) in [5.74, 6) is -0.603. The number of imide groups is 1. The lowest BCUT2D eigenvalue weighted by molar-refractivity contribution is -0.123. The van der Waals surface area contributed by atoms with Gasteiger partial charge in [0.05, 0.1) is 0 Å². The molecule has 160 valence electrons. The van der Waals surface area contributed by atoms with Crippen LogP contribution in [0.5, 0.6) is 11.5 Å². The number of hydrogen-bond donors (Lipinski definition) is 2. The highest BCUT2D eigenvalue weighted by molar-refractivity contribution is 6.31. The highest BCUT2D eigenvalue weighted by Gasteiger charge is 2.21. The first-order chi connectivity index (χ1) is 14.9. The van der Waals surface area contributed by atoms with Crippen molar-refractivity contribution in [1.29, 1.82) is 0 Å². The maximum absolute atomic E-state index is 12.3. The van der Waals surface area contributed by atoms with Gasteiger partial charge in [0.2, 0.25) is 5.76 Å². The molecule has 2 heterocycles. The number of fused-ring (bicyclic) bond motifs is 2. The van der Waals surface area contributed by atoms with E-state index in [9.17, 15) is 14.4 Å². The lowest BCUT2D eigenvalue weighted by Gasteiger charge is -2.19. The van der Waals surface area contributed by atoms with E-state index in [0.717, 1.165) is 0 Å². The van der Waals surface area contributed by atoms with Gasteiger partial charge in [0.15, 0.2) is 18.1 Å². The normalized spacial score (nSPS) is 12.3. The minimum Gasteiger partial charge on any atom is -0.486 e. The van der Waals surface area contributed by atoms with E-state index in [2.05, 4.69) is 10.6 Å². The van der Waals surface area contributed by atoms with E-state index in [-0.39, 0.29) is 5.76 Å². The number of carbonyl (C=O) groups is 3. The molecule has 3 aromatic rings. The van der Waals surface area contributed by atoms with Gasteiger partial charge in [-0.2, -0.15) is 0 Å². The van der Waals surface area contributed by atoms with E-state index in [1.807, 2.05) is 0 Å². The van der Waals surface area contributed by atoms with Crippen molar-refractivity contribution >= 4 is 46.2 Å². The molecule has 0 spiro atoms. The lowest BCUT2D eigenvalue weighted by Crippen LogP contribution is -2.37. The Morgan fingerprint density at radius 1 is 1.06 bits per heavy atom. The summed E-state index contributed by atoms with van der Waals surface area (Å²) in [4.78, 5) is 36.3. The van der Waals surface area contributed by atoms with Gasteiger partial charge in [-0.1, -0.05) is 11.6 Å². The molecule has 0 bridgehead atoms. The van der Waals surface area contributed by atoms with Crippen LogP contribution < -0.4 is 20.1 Å². The minimum atomic E-state index is -0.827. The summed E-state index contributed by atoms with van der Waals surface area (Å²) in [5, 5.41) is 5.74. The fraction of sp³-hybridized carbons (Fsp3) is 0.190. The molecule has 4 rings (SSSR count). The zero-order chi connectivity index (χ0) is 22.0. The van der Waals surface area contributed by atoms with E-state index >= 15 is 0 Å². The van der Waals surface area contributed by atoms with E-state index < -0.39 is 24.5 Å². The Hall–Kier alpha value is -3.72. The van der Waals surface area contributed by atoms with Crippen LogP contribution in [0.25, 0.3) is 11.0 Å². The Labute approximate surface area is 181 Å². The molecule has 0 radical (unpaired) electrons. The standard InChI is InChI=1S/C21H17ClN2O7/c1-11-14-8-12(22)2-4-15(14)31-19(11)20(26)30-10-18(25)24-21(27)23-13-3-5-16-17(9-13)29-7-6-28-16/h2-5,8-9H,6-7,10H2,1H3,(H2,23,24,25,27). The Balaban J connectivity index is 1.31. The SMILES string of the molecule is Cc1c(C(=O)OCC(=O)NC(=O)Nc2ccc3c(c2)OCCO3)oc2ccc(Cl)cc12. The molecule has 0 fully saturated rings. The van der Waals surface area contributed by atoms with Crippen LogP contribution in [0.15, 0.2) is 40.8 Å². The number of rotatable bonds is 4. The quantitative estimate of drug-likeness (QED) is 0.589. The van der Waals surface area contributed by atoms with Crippen molar-refractivity contribution < 1.29 is 33.0 Å². The maximum atomic E-state index is 12.3. The fourth-order valence-electron chi connectivity index (χ4n) is 3.03. The summed E-state index contributed by atoms with van der Waals surface area (Å²) in [6.07, 6.45) is 0. The number of esters is 1. The molecule has 0 unspecified atom stereocenters. The number of amides is 3. The van der Waals surface area contributed by atoms with Crippen molar-refractivity contribution in [1.82, 2.24) is 5.32 Å². The van der Waals surface area contributed by atoms with Gasteiger partial charge < -0.3 is 23.9 Å². The average Bonchev–Trinajstić information content (AvgIpc) is 3.08. The lowest BCUT2D eigenvalue weighted by atomic mass is 10.1. The van der Waals surface area contributed by atoms with Crippen LogP contribution in [-0.2, 0) is 9.53 Å². The summed E-state index contributed by atoms with van der Waals surface area (Å²) in [6, 6.07) is 8.99. The second-order valence-corrected chi connectivity index (χ2v) is 7.07. The van der Waals surface area contributed by atoms with E-state index in [1.54, 1.807) is 43.3 Å². The highest BCUT2D eigenvalue weighted by Crippen LogP contribution is 2.32.